The second-order valence-electron chi connectivity index (χ2n) is 4.97. The van der Waals surface area contributed by atoms with Gasteiger partial charge in [-0.25, -0.2) is 0 Å². The Morgan fingerprint density at radius 1 is 1.45 bits per heavy atom. The number of anilines is 1. The van der Waals surface area contributed by atoms with Crippen LogP contribution in [0.1, 0.15) is 18.5 Å². The molecule has 22 heavy (non-hydrogen) atoms. The van der Waals surface area contributed by atoms with E-state index < -0.39 is 0 Å². The first-order chi connectivity index (χ1) is 10.6. The molecule has 1 amide bonds. The Morgan fingerprint density at radius 2 is 2.27 bits per heavy atom. The summed E-state index contributed by atoms with van der Waals surface area (Å²) in [6.45, 7) is 1.99. The van der Waals surface area contributed by atoms with E-state index in [1.54, 1.807) is 24.4 Å². The number of pyridine rings is 1. The molecule has 1 atom stereocenters. The minimum absolute atomic E-state index is 0.0242. The second kappa shape index (κ2) is 5.96. The highest BCUT2D eigenvalue weighted by molar-refractivity contribution is 9.10. The molecule has 5 nitrogen and oxygen atoms in total. The van der Waals surface area contributed by atoms with Gasteiger partial charge >= 0.3 is 0 Å². The van der Waals surface area contributed by atoms with Crippen LogP contribution in [0.4, 0.5) is 5.69 Å². The van der Waals surface area contributed by atoms with Gasteiger partial charge in [-0.15, -0.1) is 0 Å². The molecule has 0 bridgehead atoms. The van der Waals surface area contributed by atoms with Gasteiger partial charge in [-0.1, -0.05) is 6.07 Å². The molecule has 0 saturated carbocycles. The molecular formula is C16H15BrN2O3. The van der Waals surface area contributed by atoms with Gasteiger partial charge in [0.15, 0.2) is 6.61 Å². The third kappa shape index (κ3) is 2.54. The number of halogens is 1. The van der Waals surface area contributed by atoms with E-state index in [4.69, 9.17) is 9.47 Å². The molecule has 1 aromatic heterocycles. The van der Waals surface area contributed by atoms with Crippen LogP contribution in [0.2, 0.25) is 0 Å². The maximum absolute atomic E-state index is 12.4. The highest BCUT2D eigenvalue weighted by Crippen LogP contribution is 2.43. The zero-order valence-electron chi connectivity index (χ0n) is 12.2. The van der Waals surface area contributed by atoms with Crippen LogP contribution >= 0.6 is 15.9 Å². The molecular weight excluding hydrogens is 348 g/mol. The number of rotatable bonds is 3. The predicted octanol–water partition coefficient (Wildman–Crippen LogP) is 3.34. The molecule has 0 N–H and O–H groups in total. The van der Waals surface area contributed by atoms with E-state index in [0.717, 1.165) is 10.0 Å². The average molecular weight is 363 g/mol. The van der Waals surface area contributed by atoms with Crippen molar-refractivity contribution in [1.29, 1.82) is 0 Å². The number of hydrogen-bond acceptors (Lipinski definition) is 4. The summed E-state index contributed by atoms with van der Waals surface area (Å²) in [5.41, 5.74) is 1.67. The number of methoxy groups -OCH3 is 1. The van der Waals surface area contributed by atoms with Crippen molar-refractivity contribution in [3.05, 3.63) is 46.7 Å². The van der Waals surface area contributed by atoms with Crippen LogP contribution in [0.15, 0.2) is 41.1 Å². The molecule has 1 unspecified atom stereocenters. The van der Waals surface area contributed by atoms with Gasteiger partial charge in [-0.2, -0.15) is 0 Å². The summed E-state index contributed by atoms with van der Waals surface area (Å²) in [5, 5.41) is 0. The molecule has 1 aliphatic rings. The molecule has 1 aliphatic heterocycles. The third-order valence-electron chi connectivity index (χ3n) is 3.67. The van der Waals surface area contributed by atoms with Crippen molar-refractivity contribution < 1.29 is 14.3 Å². The summed E-state index contributed by atoms with van der Waals surface area (Å²) in [7, 11) is 1.59. The monoisotopic (exact) mass is 362 g/mol. The smallest absolute Gasteiger partial charge is 0.265 e. The van der Waals surface area contributed by atoms with Gasteiger partial charge in [0.1, 0.15) is 11.5 Å². The molecule has 0 fully saturated rings. The molecule has 0 saturated heterocycles. The zero-order valence-corrected chi connectivity index (χ0v) is 13.8. The lowest BCUT2D eigenvalue weighted by molar-refractivity contribution is -0.121. The quantitative estimate of drug-likeness (QED) is 0.840. The van der Waals surface area contributed by atoms with E-state index in [-0.39, 0.29) is 18.6 Å². The van der Waals surface area contributed by atoms with Crippen molar-refractivity contribution >= 4 is 27.5 Å². The van der Waals surface area contributed by atoms with E-state index in [2.05, 4.69) is 20.9 Å². The number of amides is 1. The van der Waals surface area contributed by atoms with Crippen molar-refractivity contribution in [2.45, 2.75) is 13.0 Å². The van der Waals surface area contributed by atoms with Crippen LogP contribution in [0.3, 0.4) is 0 Å². The van der Waals surface area contributed by atoms with Crippen molar-refractivity contribution in [3.63, 3.8) is 0 Å². The second-order valence-corrected chi connectivity index (χ2v) is 5.82. The molecule has 114 valence electrons. The average Bonchev–Trinajstić information content (AvgIpc) is 2.55. The maximum atomic E-state index is 12.4. The lowest BCUT2D eigenvalue weighted by atomic mass is 10.1. The van der Waals surface area contributed by atoms with E-state index in [0.29, 0.717) is 17.2 Å². The van der Waals surface area contributed by atoms with Crippen LogP contribution in [0.25, 0.3) is 0 Å². The first kappa shape index (κ1) is 14.8. The maximum Gasteiger partial charge on any atom is 0.265 e. The Kier molecular flexibility index (Phi) is 4.02. The summed E-state index contributed by atoms with van der Waals surface area (Å²) in [6, 6.07) is 7.30. The van der Waals surface area contributed by atoms with Gasteiger partial charge in [0.25, 0.3) is 5.91 Å². The van der Waals surface area contributed by atoms with E-state index >= 15 is 0 Å². The van der Waals surface area contributed by atoms with Crippen molar-refractivity contribution in [2.24, 2.45) is 0 Å². The fraction of sp³-hybridized carbons (Fsp3) is 0.250. The van der Waals surface area contributed by atoms with Crippen molar-refractivity contribution in [3.8, 4) is 11.5 Å². The van der Waals surface area contributed by atoms with Gasteiger partial charge in [-0.3, -0.25) is 14.7 Å². The van der Waals surface area contributed by atoms with Crippen molar-refractivity contribution in [2.75, 3.05) is 18.6 Å². The summed E-state index contributed by atoms with van der Waals surface area (Å²) in [5.74, 6) is 1.22. The molecule has 3 rings (SSSR count). The Morgan fingerprint density at radius 3 is 2.95 bits per heavy atom. The van der Waals surface area contributed by atoms with Crippen LogP contribution in [-0.2, 0) is 4.79 Å². The summed E-state index contributed by atoms with van der Waals surface area (Å²) in [6.07, 6.45) is 3.48. The normalized spacial score (nSPS) is 15.0. The Labute approximate surface area is 137 Å². The Hall–Kier alpha value is -2.08. The lowest BCUT2D eigenvalue weighted by Gasteiger charge is -2.34. The fourth-order valence-electron chi connectivity index (χ4n) is 2.52. The molecule has 0 radical (unpaired) electrons. The highest BCUT2D eigenvalue weighted by Gasteiger charge is 2.31. The summed E-state index contributed by atoms with van der Waals surface area (Å²) < 4.78 is 11.7. The Balaban J connectivity index is 2.07. The predicted molar refractivity (Wildman–Crippen MR) is 86.3 cm³/mol. The van der Waals surface area contributed by atoms with Gasteiger partial charge in [0, 0.05) is 24.5 Å². The highest BCUT2D eigenvalue weighted by atomic mass is 79.9. The number of ether oxygens (including phenoxy) is 2. The number of benzene rings is 1. The topological polar surface area (TPSA) is 51.7 Å². The fourth-order valence-corrected chi connectivity index (χ4v) is 3.01. The standard InChI is InChI=1S/C16H15BrN2O3/c1-10(11-4-3-5-18-8-11)19-13-7-14(21-2)12(17)6-15(13)22-9-16(19)20/h3-8,10H,9H2,1-2H3. The minimum atomic E-state index is -0.144. The SMILES string of the molecule is COc1cc2c(cc1Br)OCC(=O)N2C(C)c1cccnc1. The van der Waals surface area contributed by atoms with Crippen molar-refractivity contribution in [1.82, 2.24) is 4.98 Å². The molecule has 0 aliphatic carbocycles. The molecule has 2 aromatic rings. The van der Waals surface area contributed by atoms with Gasteiger partial charge in [-0.05, 0) is 34.5 Å². The molecule has 0 spiro atoms. The number of carbonyl (C=O) groups excluding carboxylic acids is 1. The van der Waals surface area contributed by atoms with E-state index in [9.17, 15) is 4.79 Å². The molecule has 2 heterocycles. The van der Waals surface area contributed by atoms with Crippen LogP contribution in [0.5, 0.6) is 11.5 Å². The summed E-state index contributed by atoms with van der Waals surface area (Å²) in [4.78, 5) is 18.2. The zero-order chi connectivity index (χ0) is 15.7. The number of hydrogen-bond donors (Lipinski definition) is 0. The first-order valence-corrected chi connectivity index (χ1v) is 7.63. The number of nitrogens with zero attached hydrogens (tertiary/aromatic N) is 2. The van der Waals surface area contributed by atoms with Gasteiger partial charge in [0.05, 0.1) is 23.3 Å². The van der Waals surface area contributed by atoms with E-state index in [1.807, 2.05) is 31.2 Å². The molecule has 6 heteroatoms. The number of fused-ring (bicyclic) bond motifs is 1. The minimum Gasteiger partial charge on any atom is -0.495 e. The van der Waals surface area contributed by atoms with Gasteiger partial charge in [0.2, 0.25) is 0 Å². The lowest BCUT2D eigenvalue weighted by Crippen LogP contribution is -2.40. The number of carbonyl (C=O) groups is 1. The largest absolute Gasteiger partial charge is 0.495 e. The van der Waals surface area contributed by atoms with E-state index in [1.165, 1.54) is 0 Å². The van der Waals surface area contributed by atoms with Crippen LogP contribution in [-0.4, -0.2) is 24.6 Å². The number of aromatic nitrogens is 1. The van der Waals surface area contributed by atoms with Crippen LogP contribution in [0, 0.1) is 0 Å². The van der Waals surface area contributed by atoms with Gasteiger partial charge < -0.3 is 9.47 Å². The third-order valence-corrected chi connectivity index (χ3v) is 4.29. The molecule has 1 aromatic carbocycles. The van der Waals surface area contributed by atoms with Crippen LogP contribution < -0.4 is 14.4 Å². The summed E-state index contributed by atoms with van der Waals surface area (Å²) >= 11 is 3.43. The first-order valence-electron chi connectivity index (χ1n) is 6.84. The Bertz CT molecular complexity index is 706.